The lowest BCUT2D eigenvalue weighted by Crippen LogP contribution is -2.20. The SMILES string of the molecule is Cc1ccc(CN=C(/C=N/O)NO)cc1. The quantitative estimate of drug-likeness (QED) is 0.303. The zero-order valence-electron chi connectivity index (χ0n) is 8.38. The van der Waals surface area contributed by atoms with Crippen molar-refractivity contribution in [2.45, 2.75) is 13.5 Å². The number of hydrogen-bond donors (Lipinski definition) is 3. The third-order valence-corrected chi connectivity index (χ3v) is 1.85. The van der Waals surface area contributed by atoms with Crippen LogP contribution in [0.25, 0.3) is 0 Å². The number of nitrogens with one attached hydrogen (secondary N) is 1. The van der Waals surface area contributed by atoms with Gasteiger partial charge < -0.3 is 5.21 Å². The van der Waals surface area contributed by atoms with Gasteiger partial charge in [0.2, 0.25) is 0 Å². The van der Waals surface area contributed by atoms with Crippen molar-refractivity contribution in [1.29, 1.82) is 0 Å². The van der Waals surface area contributed by atoms with Crippen molar-refractivity contribution in [3.63, 3.8) is 0 Å². The average molecular weight is 207 g/mol. The molecule has 0 saturated carbocycles. The van der Waals surface area contributed by atoms with Gasteiger partial charge in [-0.3, -0.25) is 15.7 Å². The van der Waals surface area contributed by atoms with E-state index in [4.69, 9.17) is 10.4 Å². The molecule has 0 unspecified atom stereocenters. The summed E-state index contributed by atoms with van der Waals surface area (Å²) in [5.74, 6) is 0.109. The van der Waals surface area contributed by atoms with Gasteiger partial charge in [0.15, 0.2) is 5.84 Å². The molecule has 1 rings (SSSR count). The molecular weight excluding hydrogens is 194 g/mol. The predicted molar refractivity (Wildman–Crippen MR) is 57.5 cm³/mol. The van der Waals surface area contributed by atoms with Crippen LogP contribution in [0.5, 0.6) is 0 Å². The van der Waals surface area contributed by atoms with E-state index in [0.717, 1.165) is 11.8 Å². The lowest BCUT2D eigenvalue weighted by molar-refractivity contribution is 0.236. The summed E-state index contributed by atoms with van der Waals surface area (Å²) >= 11 is 0. The molecule has 15 heavy (non-hydrogen) atoms. The van der Waals surface area contributed by atoms with Crippen LogP contribution < -0.4 is 5.48 Å². The number of benzene rings is 1. The average Bonchev–Trinajstić information content (AvgIpc) is 2.26. The van der Waals surface area contributed by atoms with Crippen LogP contribution in [0.2, 0.25) is 0 Å². The molecule has 0 aliphatic carbocycles. The Labute approximate surface area is 87.7 Å². The van der Waals surface area contributed by atoms with Crippen LogP contribution in [0.1, 0.15) is 11.1 Å². The molecule has 0 radical (unpaired) electrons. The third kappa shape index (κ3) is 3.78. The Hall–Kier alpha value is -1.88. The van der Waals surface area contributed by atoms with Crippen LogP contribution >= 0.6 is 0 Å². The van der Waals surface area contributed by atoms with Crippen molar-refractivity contribution < 1.29 is 10.4 Å². The van der Waals surface area contributed by atoms with E-state index in [1.807, 2.05) is 36.7 Å². The van der Waals surface area contributed by atoms with Gasteiger partial charge in [-0.05, 0) is 12.5 Å². The molecular formula is C10H13N3O2. The van der Waals surface area contributed by atoms with Gasteiger partial charge in [-0.25, -0.2) is 0 Å². The maximum Gasteiger partial charge on any atom is 0.167 e. The summed E-state index contributed by atoms with van der Waals surface area (Å²) in [7, 11) is 0. The van der Waals surface area contributed by atoms with Gasteiger partial charge >= 0.3 is 0 Å². The molecule has 0 aromatic heterocycles. The molecule has 0 amide bonds. The molecule has 80 valence electrons. The van der Waals surface area contributed by atoms with Crippen LogP contribution in [0.15, 0.2) is 34.4 Å². The van der Waals surface area contributed by atoms with Crippen LogP contribution in [0.3, 0.4) is 0 Å². The summed E-state index contributed by atoms with van der Waals surface area (Å²) in [5.41, 5.74) is 4.02. The van der Waals surface area contributed by atoms with Gasteiger partial charge in [0.25, 0.3) is 0 Å². The third-order valence-electron chi connectivity index (χ3n) is 1.85. The lowest BCUT2D eigenvalue weighted by atomic mass is 10.1. The first-order chi connectivity index (χ1) is 7.26. The lowest BCUT2D eigenvalue weighted by Gasteiger charge is -1.99. The van der Waals surface area contributed by atoms with Gasteiger partial charge in [-0.1, -0.05) is 35.0 Å². The number of hydrogen-bond acceptors (Lipinski definition) is 4. The topological polar surface area (TPSA) is 77.2 Å². The molecule has 0 spiro atoms. The van der Waals surface area contributed by atoms with Gasteiger partial charge in [0.05, 0.1) is 6.54 Å². The second-order valence-corrected chi connectivity index (χ2v) is 3.04. The summed E-state index contributed by atoms with van der Waals surface area (Å²) < 4.78 is 0. The Bertz CT molecular complexity index is 357. The Morgan fingerprint density at radius 1 is 1.40 bits per heavy atom. The van der Waals surface area contributed by atoms with Crippen LogP contribution in [-0.2, 0) is 6.54 Å². The number of oxime groups is 1. The Morgan fingerprint density at radius 2 is 2.07 bits per heavy atom. The van der Waals surface area contributed by atoms with Crippen molar-refractivity contribution in [3.05, 3.63) is 35.4 Å². The second kappa shape index (κ2) is 5.77. The first-order valence-corrected chi connectivity index (χ1v) is 4.44. The standard InChI is InChI=1S/C10H13N3O2/c1-8-2-4-9(5-3-8)6-11-10(13-15)7-12-14/h2-5,7,14-15H,6H2,1H3,(H,11,13)/b12-7+. The van der Waals surface area contributed by atoms with Crippen molar-refractivity contribution in [2.24, 2.45) is 10.1 Å². The van der Waals surface area contributed by atoms with Crippen LogP contribution in [-0.4, -0.2) is 22.5 Å². The van der Waals surface area contributed by atoms with Gasteiger partial charge in [0, 0.05) is 0 Å². The highest BCUT2D eigenvalue weighted by molar-refractivity contribution is 6.28. The van der Waals surface area contributed by atoms with E-state index in [0.29, 0.717) is 6.54 Å². The molecule has 1 aromatic rings. The zero-order valence-corrected chi connectivity index (χ0v) is 8.38. The number of hydroxylamine groups is 1. The highest BCUT2D eigenvalue weighted by Gasteiger charge is 1.93. The summed E-state index contributed by atoms with van der Waals surface area (Å²) in [4.78, 5) is 3.98. The molecule has 0 heterocycles. The maximum absolute atomic E-state index is 8.60. The largest absolute Gasteiger partial charge is 0.411 e. The van der Waals surface area contributed by atoms with Gasteiger partial charge in [-0.15, -0.1) is 0 Å². The molecule has 1 aromatic carbocycles. The van der Waals surface area contributed by atoms with Crippen molar-refractivity contribution in [2.75, 3.05) is 0 Å². The van der Waals surface area contributed by atoms with Gasteiger partial charge in [0.1, 0.15) is 6.21 Å². The monoisotopic (exact) mass is 207 g/mol. The summed E-state index contributed by atoms with van der Waals surface area (Å²) in [6.45, 7) is 2.42. The molecule has 3 N–H and O–H groups in total. The molecule has 0 bridgehead atoms. The zero-order chi connectivity index (χ0) is 11.1. The molecule has 0 atom stereocenters. The minimum absolute atomic E-state index is 0.109. The molecule has 0 fully saturated rings. The fraction of sp³-hybridized carbons (Fsp3) is 0.200. The number of aliphatic imine (C=N–C) groups is 1. The Balaban J connectivity index is 2.65. The highest BCUT2D eigenvalue weighted by Crippen LogP contribution is 2.04. The molecule has 0 aliphatic heterocycles. The summed E-state index contributed by atoms with van der Waals surface area (Å²) in [5, 5.41) is 19.6. The summed E-state index contributed by atoms with van der Waals surface area (Å²) in [6, 6.07) is 7.86. The van der Waals surface area contributed by atoms with E-state index >= 15 is 0 Å². The number of aryl methyl sites for hydroxylation is 1. The van der Waals surface area contributed by atoms with E-state index in [9.17, 15) is 0 Å². The minimum atomic E-state index is 0.109. The van der Waals surface area contributed by atoms with Crippen molar-refractivity contribution in [1.82, 2.24) is 5.48 Å². The normalized spacial score (nSPS) is 12.0. The highest BCUT2D eigenvalue weighted by atomic mass is 16.5. The van der Waals surface area contributed by atoms with Crippen LogP contribution in [0, 0.1) is 6.92 Å². The Morgan fingerprint density at radius 3 is 2.60 bits per heavy atom. The molecule has 5 heteroatoms. The van der Waals surface area contributed by atoms with Crippen molar-refractivity contribution in [3.8, 4) is 0 Å². The smallest absolute Gasteiger partial charge is 0.167 e. The van der Waals surface area contributed by atoms with Crippen molar-refractivity contribution >= 4 is 12.1 Å². The molecule has 0 saturated heterocycles. The molecule has 5 nitrogen and oxygen atoms in total. The summed E-state index contributed by atoms with van der Waals surface area (Å²) in [6.07, 6.45) is 1.02. The first kappa shape index (κ1) is 11.2. The minimum Gasteiger partial charge on any atom is -0.411 e. The van der Waals surface area contributed by atoms with E-state index in [1.54, 1.807) is 0 Å². The number of rotatable bonds is 3. The maximum atomic E-state index is 8.60. The fourth-order valence-corrected chi connectivity index (χ4v) is 1.03. The van der Waals surface area contributed by atoms with E-state index in [2.05, 4.69) is 10.1 Å². The van der Waals surface area contributed by atoms with E-state index in [-0.39, 0.29) is 5.84 Å². The molecule has 0 aliphatic rings. The predicted octanol–water partition coefficient (Wildman–Crippen LogP) is 1.33. The van der Waals surface area contributed by atoms with E-state index in [1.165, 1.54) is 5.56 Å². The Kier molecular flexibility index (Phi) is 4.30. The number of amidine groups is 1. The van der Waals surface area contributed by atoms with Gasteiger partial charge in [-0.2, -0.15) is 0 Å². The second-order valence-electron chi connectivity index (χ2n) is 3.04. The number of nitrogens with zero attached hydrogens (tertiary/aromatic N) is 2. The fourth-order valence-electron chi connectivity index (χ4n) is 1.03. The first-order valence-electron chi connectivity index (χ1n) is 4.44. The van der Waals surface area contributed by atoms with E-state index < -0.39 is 0 Å². The van der Waals surface area contributed by atoms with Crippen LogP contribution in [0.4, 0.5) is 0 Å².